The number of hydrogen-bond donors (Lipinski definition) is 1. The van der Waals surface area contributed by atoms with Crippen molar-refractivity contribution in [3.05, 3.63) is 12.7 Å². The number of carbonyl (C=O) groups excluding carboxylic acids is 1. The average Bonchev–Trinajstić information content (AvgIpc) is 2.24. The average molecular weight is 213 g/mol. The molecule has 0 fully saturated rings. The molecule has 0 aliphatic carbocycles. The molecule has 1 N–H and O–H groups in total. The number of nitrogens with zero attached hydrogens (tertiary/aromatic N) is 1. The molecule has 0 heterocycles. The summed E-state index contributed by atoms with van der Waals surface area (Å²) < 4.78 is 4.59. The molecular formula is C10H15NO4. The van der Waals surface area contributed by atoms with Gasteiger partial charge in [0.15, 0.2) is 0 Å². The third-order valence-corrected chi connectivity index (χ3v) is 1.15. The van der Waals surface area contributed by atoms with Gasteiger partial charge in [-0.15, -0.1) is 0 Å². The number of unbranched alkanes of at least 4 members (excludes halogenated alkanes) is 1. The van der Waals surface area contributed by atoms with Crippen LogP contribution in [0.1, 0.15) is 26.2 Å². The van der Waals surface area contributed by atoms with E-state index >= 15 is 0 Å². The van der Waals surface area contributed by atoms with E-state index < -0.39 is 11.9 Å². The molecule has 0 unspecified atom stereocenters. The van der Waals surface area contributed by atoms with Gasteiger partial charge in [0, 0.05) is 18.9 Å². The predicted octanol–water partition coefficient (Wildman–Crippen LogP) is 1.50. The molecule has 0 atom stereocenters. The minimum absolute atomic E-state index is 0.222. The maximum Gasteiger partial charge on any atom is 0.330 e. The Morgan fingerprint density at radius 3 is 2.47 bits per heavy atom. The molecule has 0 spiro atoms. The zero-order valence-corrected chi connectivity index (χ0v) is 8.73. The maximum atomic E-state index is 10.4. The van der Waals surface area contributed by atoms with Crippen molar-refractivity contribution in [1.29, 1.82) is 5.26 Å². The Bertz CT molecular complexity index is 242. The Morgan fingerprint density at radius 1 is 1.60 bits per heavy atom. The van der Waals surface area contributed by atoms with Crippen LogP contribution >= 0.6 is 0 Å². The van der Waals surface area contributed by atoms with Crippen molar-refractivity contribution < 1.29 is 19.4 Å². The Labute approximate surface area is 89.0 Å². The van der Waals surface area contributed by atoms with E-state index in [1.807, 2.05) is 6.07 Å². The maximum absolute atomic E-state index is 10.4. The fraction of sp³-hybridized carbons (Fsp3) is 0.500. The van der Waals surface area contributed by atoms with E-state index in [1.165, 1.54) is 0 Å². The largest absolute Gasteiger partial charge is 0.481 e. The van der Waals surface area contributed by atoms with E-state index in [9.17, 15) is 9.59 Å². The Balaban J connectivity index is 0. The molecule has 0 aromatic rings. The van der Waals surface area contributed by atoms with Crippen LogP contribution in [-0.4, -0.2) is 23.7 Å². The summed E-state index contributed by atoms with van der Waals surface area (Å²) in [5.41, 5.74) is 0. The first kappa shape index (κ1) is 15.6. The summed E-state index contributed by atoms with van der Waals surface area (Å²) in [7, 11) is 0. The van der Waals surface area contributed by atoms with Crippen molar-refractivity contribution in [2.45, 2.75) is 26.2 Å². The fourth-order valence-corrected chi connectivity index (χ4v) is 0.383. The lowest BCUT2D eigenvalue weighted by atomic mass is 10.3. The Kier molecular flexibility index (Phi) is 12.7. The summed E-state index contributed by atoms with van der Waals surface area (Å²) in [6.45, 7) is 5.12. The quantitative estimate of drug-likeness (QED) is 0.424. The standard InChI is InChI=1S/C7H9NO2.C3H6O2/c1-2-7(9)10-6-4-3-5-8;1-2-3(4)5/h2H,1,3-4,6H2;2H2,1H3,(H,4,5). The van der Waals surface area contributed by atoms with Gasteiger partial charge in [0.1, 0.15) is 0 Å². The van der Waals surface area contributed by atoms with Crippen molar-refractivity contribution in [1.82, 2.24) is 0 Å². The molecule has 15 heavy (non-hydrogen) atoms. The number of aliphatic carboxylic acids is 1. The topological polar surface area (TPSA) is 87.4 Å². The summed E-state index contributed by atoms with van der Waals surface area (Å²) in [5.74, 6) is -1.18. The molecule has 5 heteroatoms. The number of esters is 1. The van der Waals surface area contributed by atoms with Crippen LogP contribution in [0, 0.1) is 11.3 Å². The fourth-order valence-electron chi connectivity index (χ4n) is 0.383. The minimum atomic E-state index is -0.745. The van der Waals surface area contributed by atoms with Crippen LogP contribution in [0.5, 0.6) is 0 Å². The highest BCUT2D eigenvalue weighted by atomic mass is 16.5. The first-order chi connectivity index (χ1) is 7.08. The number of hydrogen-bond acceptors (Lipinski definition) is 4. The van der Waals surface area contributed by atoms with Gasteiger partial charge in [-0.05, 0) is 6.42 Å². The number of carbonyl (C=O) groups is 2. The van der Waals surface area contributed by atoms with E-state index in [4.69, 9.17) is 10.4 Å². The van der Waals surface area contributed by atoms with Crippen LogP contribution in [0.2, 0.25) is 0 Å². The SMILES string of the molecule is C=CC(=O)OCCCC#N.CCC(=O)O. The van der Waals surface area contributed by atoms with Gasteiger partial charge in [-0.3, -0.25) is 4.79 Å². The molecular weight excluding hydrogens is 198 g/mol. The third-order valence-electron chi connectivity index (χ3n) is 1.15. The first-order valence-electron chi connectivity index (χ1n) is 4.46. The van der Waals surface area contributed by atoms with E-state index in [0.29, 0.717) is 19.4 Å². The molecule has 0 saturated carbocycles. The van der Waals surface area contributed by atoms with E-state index in [2.05, 4.69) is 11.3 Å². The van der Waals surface area contributed by atoms with Crippen molar-refractivity contribution in [2.24, 2.45) is 0 Å². The Morgan fingerprint density at radius 2 is 2.13 bits per heavy atom. The number of carboxylic acid groups (broad SMARTS) is 1. The highest BCUT2D eigenvalue weighted by Crippen LogP contribution is 1.88. The van der Waals surface area contributed by atoms with Crippen LogP contribution in [0.25, 0.3) is 0 Å². The summed E-state index contributed by atoms with van der Waals surface area (Å²) in [6, 6.07) is 1.94. The first-order valence-corrected chi connectivity index (χ1v) is 4.46. The summed E-state index contributed by atoms with van der Waals surface area (Å²) in [5, 5.41) is 15.8. The zero-order chi connectivity index (χ0) is 12.1. The van der Waals surface area contributed by atoms with E-state index in [-0.39, 0.29) is 6.42 Å². The highest BCUT2D eigenvalue weighted by Gasteiger charge is 1.92. The summed E-state index contributed by atoms with van der Waals surface area (Å²) in [6.07, 6.45) is 2.34. The molecule has 0 bridgehead atoms. The van der Waals surface area contributed by atoms with Crippen molar-refractivity contribution in [3.8, 4) is 6.07 Å². The predicted molar refractivity (Wildman–Crippen MR) is 53.9 cm³/mol. The second kappa shape index (κ2) is 12.2. The molecule has 0 rings (SSSR count). The number of ether oxygens (including phenoxy) is 1. The third kappa shape index (κ3) is 18.9. The van der Waals surface area contributed by atoms with Crippen molar-refractivity contribution >= 4 is 11.9 Å². The lowest BCUT2D eigenvalue weighted by Crippen LogP contribution is -2.00. The number of nitriles is 1. The lowest BCUT2D eigenvalue weighted by molar-refractivity contribution is -0.138. The second-order valence-electron chi connectivity index (χ2n) is 2.38. The van der Waals surface area contributed by atoms with Crippen molar-refractivity contribution in [2.75, 3.05) is 6.61 Å². The molecule has 0 aliphatic rings. The van der Waals surface area contributed by atoms with Gasteiger partial charge in [-0.1, -0.05) is 13.5 Å². The van der Waals surface area contributed by atoms with Gasteiger partial charge in [-0.2, -0.15) is 5.26 Å². The molecule has 0 aromatic heterocycles. The van der Waals surface area contributed by atoms with Gasteiger partial charge >= 0.3 is 11.9 Å². The van der Waals surface area contributed by atoms with Crippen LogP contribution in [0.4, 0.5) is 0 Å². The van der Waals surface area contributed by atoms with Gasteiger partial charge in [0.05, 0.1) is 12.7 Å². The van der Waals surface area contributed by atoms with Crippen LogP contribution < -0.4 is 0 Å². The summed E-state index contributed by atoms with van der Waals surface area (Å²) >= 11 is 0. The van der Waals surface area contributed by atoms with Crippen molar-refractivity contribution in [3.63, 3.8) is 0 Å². The molecule has 0 saturated heterocycles. The summed E-state index contributed by atoms with van der Waals surface area (Å²) in [4.78, 5) is 19.7. The van der Waals surface area contributed by atoms with E-state index in [1.54, 1.807) is 6.92 Å². The van der Waals surface area contributed by atoms with Gasteiger partial charge < -0.3 is 9.84 Å². The lowest BCUT2D eigenvalue weighted by Gasteiger charge is -1.96. The number of rotatable bonds is 5. The molecule has 0 aromatic carbocycles. The monoisotopic (exact) mass is 213 g/mol. The highest BCUT2D eigenvalue weighted by molar-refractivity contribution is 5.81. The molecule has 5 nitrogen and oxygen atoms in total. The van der Waals surface area contributed by atoms with Crippen LogP contribution in [0.3, 0.4) is 0 Å². The normalized spacial score (nSPS) is 7.73. The number of carboxylic acids is 1. The van der Waals surface area contributed by atoms with Gasteiger partial charge in [0.25, 0.3) is 0 Å². The van der Waals surface area contributed by atoms with Crippen LogP contribution in [0.15, 0.2) is 12.7 Å². The molecule has 84 valence electrons. The van der Waals surface area contributed by atoms with Gasteiger partial charge in [-0.25, -0.2) is 4.79 Å². The molecule has 0 amide bonds. The van der Waals surface area contributed by atoms with Gasteiger partial charge in [0.2, 0.25) is 0 Å². The Hall–Kier alpha value is -1.83. The molecule has 0 radical (unpaired) electrons. The smallest absolute Gasteiger partial charge is 0.330 e. The molecule has 0 aliphatic heterocycles. The van der Waals surface area contributed by atoms with Crippen LogP contribution in [-0.2, 0) is 14.3 Å². The second-order valence-corrected chi connectivity index (χ2v) is 2.38. The zero-order valence-electron chi connectivity index (χ0n) is 8.73. The van der Waals surface area contributed by atoms with E-state index in [0.717, 1.165) is 6.08 Å². The minimum Gasteiger partial charge on any atom is -0.481 e.